The van der Waals surface area contributed by atoms with E-state index in [1.54, 1.807) is 0 Å². The van der Waals surface area contributed by atoms with Gasteiger partial charge in [-0.15, -0.1) is 0 Å². The van der Waals surface area contributed by atoms with Crippen molar-refractivity contribution in [1.82, 2.24) is 13.9 Å². The second-order valence-corrected chi connectivity index (χ2v) is 18.0. The molecule has 2 heterocycles. The molecule has 0 aromatic carbocycles. The summed E-state index contributed by atoms with van der Waals surface area (Å²) < 4.78 is 17.1. The van der Waals surface area contributed by atoms with E-state index in [-0.39, 0.29) is 68.5 Å². The lowest BCUT2D eigenvalue weighted by Crippen LogP contribution is -2.67. The summed E-state index contributed by atoms with van der Waals surface area (Å²) in [6, 6.07) is -0.229. The van der Waals surface area contributed by atoms with Crippen LogP contribution in [0.4, 0.5) is 0 Å². The molecule has 9 heteroatoms. The molecule has 47 heavy (non-hydrogen) atoms. The molecule has 0 bridgehead atoms. The van der Waals surface area contributed by atoms with Crippen molar-refractivity contribution in [2.45, 2.75) is 151 Å². The van der Waals surface area contributed by atoms with Crippen LogP contribution in [0.1, 0.15) is 133 Å². The summed E-state index contributed by atoms with van der Waals surface area (Å²) in [6.45, 7) is 22.1. The molecular weight excluding hydrogens is 594 g/mol. The van der Waals surface area contributed by atoms with Gasteiger partial charge in [-0.1, -0.05) is 48.5 Å². The molecule has 0 radical (unpaired) electrons. The van der Waals surface area contributed by atoms with Gasteiger partial charge in [-0.25, -0.2) is 23.5 Å². The minimum atomic E-state index is -0.640. The maximum absolute atomic E-state index is 14.5. The Morgan fingerprint density at radius 2 is 1.55 bits per heavy atom. The first-order valence-electron chi connectivity index (χ1n) is 18.4. The molecule has 4 saturated carbocycles. The van der Waals surface area contributed by atoms with Gasteiger partial charge in [0.25, 0.3) is 0 Å². The van der Waals surface area contributed by atoms with Gasteiger partial charge < -0.3 is 9.47 Å². The van der Waals surface area contributed by atoms with Crippen LogP contribution >= 0.6 is 0 Å². The molecule has 0 amide bonds. The zero-order chi connectivity index (χ0) is 34.3. The van der Waals surface area contributed by atoms with Crippen LogP contribution in [0.25, 0.3) is 0 Å². The van der Waals surface area contributed by atoms with E-state index in [0.717, 1.165) is 57.8 Å². The normalized spacial score (nSPS) is 42.7. The van der Waals surface area contributed by atoms with Gasteiger partial charge in [0.1, 0.15) is 12.7 Å². The van der Waals surface area contributed by atoms with Crippen molar-refractivity contribution in [3.8, 4) is 0 Å². The van der Waals surface area contributed by atoms with Gasteiger partial charge in [0, 0.05) is 31.2 Å². The maximum Gasteiger partial charge on any atom is 0.348 e. The predicted octanol–water partition coefficient (Wildman–Crippen LogP) is 6.37. The van der Waals surface area contributed by atoms with Gasteiger partial charge >= 0.3 is 23.3 Å². The Hall–Kier alpha value is -2.58. The molecule has 7 rings (SSSR count). The van der Waals surface area contributed by atoms with Crippen LogP contribution in [0.2, 0.25) is 0 Å². The third-order valence-electron chi connectivity index (χ3n) is 15.8. The van der Waals surface area contributed by atoms with Crippen molar-refractivity contribution in [3.05, 3.63) is 32.1 Å². The van der Waals surface area contributed by atoms with Crippen molar-refractivity contribution in [2.24, 2.45) is 44.8 Å². The van der Waals surface area contributed by atoms with E-state index in [1.165, 1.54) is 29.6 Å². The number of carbonyl (C=O) groups excluding carboxylic acids is 2. The molecule has 1 aromatic rings. The van der Waals surface area contributed by atoms with E-state index in [4.69, 9.17) is 9.47 Å². The number of ether oxygens (including phenoxy) is 2. The standard InChI is InChI=1S/C38H57N3O6/c1-11-39-31(44)40-25-20-27-34(8)14-13-28(47-24(5)43)33(6,7)26(34)12-15-35(27,9)36(10)16-17-37(21-46-23(4)42)18-19-38(22(2)3,30(37)29(25)36)41(40)32(39)45/h22,25-28H,11-21H2,1-10H3/t25?,26?,27?,28-,34-,35+,36+,37-,38-/m0/s1. The first-order valence-corrected chi connectivity index (χ1v) is 18.4. The second kappa shape index (κ2) is 9.99. The summed E-state index contributed by atoms with van der Waals surface area (Å²) in [4.78, 5) is 53.4. The highest BCUT2D eigenvalue weighted by Crippen LogP contribution is 2.79. The zero-order valence-electron chi connectivity index (χ0n) is 30.5. The largest absolute Gasteiger partial charge is 0.465 e. The summed E-state index contributed by atoms with van der Waals surface area (Å²) in [6.07, 6.45) is 8.11. The zero-order valence-corrected chi connectivity index (χ0v) is 30.5. The molecule has 1 aliphatic heterocycles. The van der Waals surface area contributed by atoms with Gasteiger partial charge in [0.2, 0.25) is 0 Å². The summed E-state index contributed by atoms with van der Waals surface area (Å²) in [5.41, 5.74) is 0.887. The van der Waals surface area contributed by atoms with Crippen molar-refractivity contribution in [2.75, 3.05) is 6.61 Å². The summed E-state index contributed by atoms with van der Waals surface area (Å²) in [5, 5.41) is 0. The van der Waals surface area contributed by atoms with Gasteiger partial charge in [-0.05, 0) is 110 Å². The highest BCUT2D eigenvalue weighted by Gasteiger charge is 2.73. The lowest BCUT2D eigenvalue weighted by atomic mass is 9.33. The minimum Gasteiger partial charge on any atom is -0.465 e. The van der Waals surface area contributed by atoms with Crippen LogP contribution in [0, 0.1) is 44.8 Å². The van der Waals surface area contributed by atoms with E-state index < -0.39 is 5.54 Å². The number of rotatable bonds is 5. The van der Waals surface area contributed by atoms with Crippen LogP contribution in [0.15, 0.2) is 20.7 Å². The number of aromatic nitrogens is 3. The van der Waals surface area contributed by atoms with E-state index in [0.29, 0.717) is 25.0 Å². The van der Waals surface area contributed by atoms with Gasteiger partial charge in [0.05, 0.1) is 11.6 Å². The fourth-order valence-corrected chi connectivity index (χ4v) is 13.5. The van der Waals surface area contributed by atoms with E-state index in [2.05, 4.69) is 48.5 Å². The molecule has 0 saturated heterocycles. The average Bonchev–Trinajstić information content (AvgIpc) is 3.46. The first-order chi connectivity index (χ1) is 21.9. The number of nitrogens with zero attached hydrogens (tertiary/aromatic N) is 3. The van der Waals surface area contributed by atoms with Crippen LogP contribution in [0.5, 0.6) is 0 Å². The summed E-state index contributed by atoms with van der Waals surface area (Å²) in [5.74, 6) is 0.255. The number of fused-ring (bicyclic) bond motifs is 7. The molecule has 260 valence electrons. The Morgan fingerprint density at radius 3 is 2.17 bits per heavy atom. The molecule has 6 aliphatic rings. The molecule has 0 N–H and O–H groups in total. The van der Waals surface area contributed by atoms with Crippen molar-refractivity contribution in [1.29, 1.82) is 0 Å². The molecule has 1 aromatic heterocycles. The topological polar surface area (TPSA) is 102 Å². The lowest BCUT2D eigenvalue weighted by molar-refractivity contribution is -0.218. The summed E-state index contributed by atoms with van der Waals surface area (Å²) >= 11 is 0. The maximum atomic E-state index is 14.5. The molecule has 3 unspecified atom stereocenters. The van der Waals surface area contributed by atoms with Gasteiger partial charge in [-0.3, -0.25) is 9.59 Å². The monoisotopic (exact) mass is 651 g/mol. The fraction of sp³-hybridized carbons (Fsp3) is 0.842. The number of carbonyl (C=O) groups is 2. The van der Waals surface area contributed by atoms with Crippen molar-refractivity contribution in [3.63, 3.8) is 0 Å². The fourth-order valence-electron chi connectivity index (χ4n) is 13.5. The lowest BCUT2D eigenvalue weighted by Gasteiger charge is -2.72. The Kier molecular flexibility index (Phi) is 7.00. The molecule has 5 aliphatic carbocycles. The Bertz CT molecular complexity index is 1690. The Morgan fingerprint density at radius 1 is 0.872 bits per heavy atom. The van der Waals surface area contributed by atoms with Crippen LogP contribution < -0.4 is 11.4 Å². The highest BCUT2D eigenvalue weighted by molar-refractivity contribution is 5.66. The van der Waals surface area contributed by atoms with E-state index >= 15 is 0 Å². The third-order valence-corrected chi connectivity index (χ3v) is 15.8. The highest BCUT2D eigenvalue weighted by atomic mass is 16.5. The van der Waals surface area contributed by atoms with E-state index in [9.17, 15) is 19.2 Å². The SMILES string of the molecule is CCn1c(=O)n2n(c1=O)[C@]1(C(C)C)CC[C@]3(COC(C)=O)CC[C@]4(C)C(=C31)C2CC1[C@@]2(C)CC[C@H](OC(C)=O)C(C)(C)C2CC[C@]14C. The van der Waals surface area contributed by atoms with Crippen LogP contribution in [-0.4, -0.2) is 38.6 Å². The van der Waals surface area contributed by atoms with E-state index in [1.807, 2.05) is 16.3 Å². The number of allylic oxidation sites excluding steroid dienone is 1. The minimum absolute atomic E-state index is 0.0249. The van der Waals surface area contributed by atoms with Gasteiger partial charge in [-0.2, -0.15) is 0 Å². The Labute approximate surface area is 279 Å². The molecule has 9 atom stereocenters. The summed E-state index contributed by atoms with van der Waals surface area (Å²) in [7, 11) is 0. The third kappa shape index (κ3) is 3.78. The number of hydrogen-bond acceptors (Lipinski definition) is 6. The molecule has 0 spiro atoms. The second-order valence-electron chi connectivity index (χ2n) is 18.0. The van der Waals surface area contributed by atoms with Crippen LogP contribution in [0.3, 0.4) is 0 Å². The molecule has 9 nitrogen and oxygen atoms in total. The van der Waals surface area contributed by atoms with Gasteiger partial charge in [0.15, 0.2) is 0 Å². The average molecular weight is 652 g/mol. The van der Waals surface area contributed by atoms with Crippen LogP contribution in [-0.2, 0) is 31.1 Å². The van der Waals surface area contributed by atoms with Crippen molar-refractivity contribution < 1.29 is 19.1 Å². The predicted molar refractivity (Wildman–Crippen MR) is 179 cm³/mol. The van der Waals surface area contributed by atoms with Crippen molar-refractivity contribution >= 4 is 11.9 Å². The number of esters is 2. The number of hydrogen-bond donors (Lipinski definition) is 0. The molecular formula is C38H57N3O6. The first kappa shape index (κ1) is 32.9. The molecule has 4 fully saturated rings. The quantitative estimate of drug-likeness (QED) is 0.271. The Balaban J connectivity index is 1.49. The smallest absolute Gasteiger partial charge is 0.348 e.